The van der Waals surface area contributed by atoms with Crippen LogP contribution in [0.4, 0.5) is 0 Å². The van der Waals surface area contributed by atoms with E-state index in [1.165, 1.54) is 58.0 Å². The van der Waals surface area contributed by atoms with Crippen molar-refractivity contribution in [1.29, 1.82) is 0 Å². The monoisotopic (exact) mass is 303 g/mol. The Labute approximate surface area is 126 Å². The summed E-state index contributed by atoms with van der Waals surface area (Å²) in [5, 5.41) is 0. The molecule has 0 amide bonds. The summed E-state index contributed by atoms with van der Waals surface area (Å²) in [5.41, 5.74) is 0. The molecule has 1 fully saturated rings. The van der Waals surface area contributed by atoms with Crippen LogP contribution in [0.25, 0.3) is 0 Å². The average molecular weight is 304 g/mol. The Kier molecular flexibility index (Phi) is 8.96. The molecule has 4 nitrogen and oxygen atoms in total. The third-order valence-corrected chi connectivity index (χ3v) is 7.30. The van der Waals surface area contributed by atoms with Gasteiger partial charge in [0.25, 0.3) is 0 Å². The summed E-state index contributed by atoms with van der Waals surface area (Å²) < 4.78 is 16.7. The molecule has 1 rings (SSSR count). The molecule has 1 atom stereocenters. The molecule has 120 valence electrons. The fraction of sp³-hybridized carbons (Fsp3) is 1.00. The van der Waals surface area contributed by atoms with Gasteiger partial charge >= 0.3 is 8.80 Å². The Bertz CT molecular complexity index is 241. The normalized spacial score (nSPS) is 20.7. The molecular weight excluding hydrogens is 270 g/mol. The highest BCUT2D eigenvalue weighted by Crippen LogP contribution is 2.27. The van der Waals surface area contributed by atoms with Gasteiger partial charge in [0, 0.05) is 33.4 Å². The number of likely N-dealkylation sites (tertiary alicyclic amines) is 1. The molecule has 0 bridgehead atoms. The SMILES string of the molecule is CCCCCCCN1CCCC1C[Si](OC)(OC)OC. The standard InChI is InChI=1S/C15H33NO3Si/c1-5-6-7-8-9-12-16-13-10-11-15(16)14-20(17-2,18-3)19-4/h15H,5-14H2,1-4H3. The lowest BCUT2D eigenvalue weighted by atomic mass is 10.1. The van der Waals surface area contributed by atoms with E-state index in [-0.39, 0.29) is 0 Å². The van der Waals surface area contributed by atoms with E-state index in [4.69, 9.17) is 13.3 Å². The highest BCUT2D eigenvalue weighted by molar-refractivity contribution is 6.60. The van der Waals surface area contributed by atoms with Gasteiger partial charge in [0.05, 0.1) is 0 Å². The fourth-order valence-electron chi connectivity index (χ4n) is 3.13. The van der Waals surface area contributed by atoms with E-state index in [2.05, 4.69) is 11.8 Å². The van der Waals surface area contributed by atoms with E-state index in [0.29, 0.717) is 6.04 Å². The lowest BCUT2D eigenvalue weighted by Gasteiger charge is -2.31. The van der Waals surface area contributed by atoms with E-state index in [1.54, 1.807) is 21.3 Å². The summed E-state index contributed by atoms with van der Waals surface area (Å²) in [7, 11) is 2.71. The third-order valence-electron chi connectivity index (χ3n) is 4.47. The number of hydrogen-bond donors (Lipinski definition) is 0. The summed E-state index contributed by atoms with van der Waals surface area (Å²) in [4.78, 5) is 2.62. The van der Waals surface area contributed by atoms with Crippen LogP contribution in [0, 0.1) is 0 Å². The first-order chi connectivity index (χ1) is 9.71. The molecule has 1 unspecified atom stereocenters. The van der Waals surface area contributed by atoms with Gasteiger partial charge < -0.3 is 18.2 Å². The van der Waals surface area contributed by atoms with Crippen molar-refractivity contribution in [3.8, 4) is 0 Å². The van der Waals surface area contributed by atoms with Crippen LogP contribution in [-0.2, 0) is 13.3 Å². The van der Waals surface area contributed by atoms with Crippen LogP contribution in [0.2, 0.25) is 6.04 Å². The highest BCUT2D eigenvalue weighted by atomic mass is 28.4. The first-order valence-corrected chi connectivity index (χ1v) is 10.0. The fourth-order valence-corrected chi connectivity index (χ4v) is 5.17. The highest BCUT2D eigenvalue weighted by Gasteiger charge is 2.43. The molecule has 1 saturated heterocycles. The Balaban J connectivity index is 2.36. The molecule has 0 N–H and O–H groups in total. The molecule has 0 spiro atoms. The van der Waals surface area contributed by atoms with Crippen molar-refractivity contribution in [2.45, 2.75) is 64.0 Å². The molecule has 0 aliphatic carbocycles. The first-order valence-electron chi connectivity index (χ1n) is 8.10. The Morgan fingerprint density at radius 1 is 1.00 bits per heavy atom. The molecule has 1 aliphatic heterocycles. The second kappa shape index (κ2) is 9.90. The van der Waals surface area contributed by atoms with Crippen molar-refractivity contribution in [2.75, 3.05) is 34.4 Å². The number of unbranched alkanes of at least 4 members (excludes halogenated alkanes) is 4. The summed E-state index contributed by atoms with van der Waals surface area (Å²) in [6, 6.07) is 1.50. The lowest BCUT2D eigenvalue weighted by molar-refractivity contribution is 0.112. The smallest absolute Gasteiger partial charge is 0.377 e. The molecule has 5 heteroatoms. The minimum absolute atomic E-state index is 0.577. The van der Waals surface area contributed by atoms with Crippen LogP contribution in [0.5, 0.6) is 0 Å². The van der Waals surface area contributed by atoms with Gasteiger partial charge in [0.2, 0.25) is 0 Å². The number of nitrogens with zero attached hydrogens (tertiary/aromatic N) is 1. The maximum Gasteiger partial charge on any atom is 0.501 e. The lowest BCUT2D eigenvalue weighted by Crippen LogP contribution is -2.48. The quantitative estimate of drug-likeness (QED) is 0.433. The predicted octanol–water partition coefficient (Wildman–Crippen LogP) is 3.30. The van der Waals surface area contributed by atoms with Crippen LogP contribution in [0.3, 0.4) is 0 Å². The predicted molar refractivity (Wildman–Crippen MR) is 84.9 cm³/mol. The zero-order valence-electron chi connectivity index (χ0n) is 13.8. The molecule has 0 aromatic heterocycles. The van der Waals surface area contributed by atoms with Crippen LogP contribution < -0.4 is 0 Å². The minimum Gasteiger partial charge on any atom is -0.377 e. The second-order valence-corrected chi connectivity index (χ2v) is 8.74. The van der Waals surface area contributed by atoms with Gasteiger partial charge in [-0.2, -0.15) is 0 Å². The summed E-state index contributed by atoms with van der Waals surface area (Å²) in [6.07, 6.45) is 9.28. The minimum atomic E-state index is -2.43. The Hall–Kier alpha value is 0.0569. The molecular formula is C15H33NO3Si. The van der Waals surface area contributed by atoms with E-state index in [1.807, 2.05) is 0 Å². The largest absolute Gasteiger partial charge is 0.501 e. The van der Waals surface area contributed by atoms with E-state index < -0.39 is 8.80 Å². The number of rotatable bonds is 11. The van der Waals surface area contributed by atoms with Crippen molar-refractivity contribution < 1.29 is 13.3 Å². The maximum absolute atomic E-state index is 5.57. The summed E-state index contributed by atoms with van der Waals surface area (Å²) in [6.45, 7) is 4.71. The van der Waals surface area contributed by atoms with Crippen molar-refractivity contribution >= 4 is 8.80 Å². The Morgan fingerprint density at radius 2 is 1.65 bits per heavy atom. The molecule has 0 aromatic rings. The number of hydrogen-bond acceptors (Lipinski definition) is 4. The summed E-state index contributed by atoms with van der Waals surface area (Å²) >= 11 is 0. The molecule has 0 saturated carbocycles. The zero-order valence-corrected chi connectivity index (χ0v) is 14.8. The maximum atomic E-state index is 5.57. The molecule has 1 aliphatic rings. The second-order valence-electron chi connectivity index (χ2n) is 5.75. The van der Waals surface area contributed by atoms with Crippen LogP contribution in [0.15, 0.2) is 0 Å². The van der Waals surface area contributed by atoms with Gasteiger partial charge in [0.15, 0.2) is 0 Å². The van der Waals surface area contributed by atoms with Gasteiger partial charge in [-0.3, -0.25) is 0 Å². The van der Waals surface area contributed by atoms with Crippen molar-refractivity contribution in [3.63, 3.8) is 0 Å². The van der Waals surface area contributed by atoms with Crippen molar-refractivity contribution in [2.24, 2.45) is 0 Å². The van der Waals surface area contributed by atoms with Gasteiger partial charge in [-0.05, 0) is 32.4 Å². The molecule has 20 heavy (non-hydrogen) atoms. The summed E-state index contributed by atoms with van der Waals surface area (Å²) in [5.74, 6) is 0. The topological polar surface area (TPSA) is 30.9 Å². The van der Waals surface area contributed by atoms with E-state index in [0.717, 1.165) is 6.04 Å². The zero-order chi connectivity index (χ0) is 14.8. The molecule has 0 aromatic carbocycles. The van der Waals surface area contributed by atoms with Crippen molar-refractivity contribution in [3.05, 3.63) is 0 Å². The van der Waals surface area contributed by atoms with Crippen LogP contribution in [-0.4, -0.2) is 54.2 Å². The average Bonchev–Trinajstić information content (AvgIpc) is 2.92. The van der Waals surface area contributed by atoms with Crippen LogP contribution in [0.1, 0.15) is 51.9 Å². The van der Waals surface area contributed by atoms with Crippen molar-refractivity contribution in [1.82, 2.24) is 4.90 Å². The Morgan fingerprint density at radius 3 is 2.25 bits per heavy atom. The van der Waals surface area contributed by atoms with Crippen LogP contribution >= 0.6 is 0 Å². The first kappa shape index (κ1) is 18.1. The van der Waals surface area contributed by atoms with Gasteiger partial charge in [0.1, 0.15) is 0 Å². The van der Waals surface area contributed by atoms with Gasteiger partial charge in [-0.25, -0.2) is 0 Å². The molecule has 0 radical (unpaired) electrons. The molecule has 1 heterocycles. The van der Waals surface area contributed by atoms with E-state index in [9.17, 15) is 0 Å². The van der Waals surface area contributed by atoms with Gasteiger partial charge in [-0.1, -0.05) is 32.6 Å². The third kappa shape index (κ3) is 5.45. The van der Waals surface area contributed by atoms with E-state index >= 15 is 0 Å². The van der Waals surface area contributed by atoms with Gasteiger partial charge in [-0.15, -0.1) is 0 Å².